The van der Waals surface area contributed by atoms with Crippen LogP contribution >= 0.6 is 0 Å². The van der Waals surface area contributed by atoms with E-state index in [9.17, 15) is 18.0 Å². The molecule has 21 heavy (non-hydrogen) atoms. The molecule has 1 aliphatic rings. The molecule has 7 heteroatoms. The molecule has 1 aliphatic heterocycles. The number of rotatable bonds is 6. The molecule has 1 rings (SSSR count). The quantitative estimate of drug-likeness (QED) is 0.784. The Balaban J connectivity index is 2.70. The number of halogens is 3. The number of carbonyl (C=O) groups excluding carboxylic acids is 1. The zero-order chi connectivity index (χ0) is 16.3. The molecule has 1 fully saturated rings. The van der Waals surface area contributed by atoms with Crippen LogP contribution in [0, 0.1) is 11.3 Å². The van der Waals surface area contributed by atoms with Crippen LogP contribution in [0.4, 0.5) is 13.2 Å². The lowest BCUT2D eigenvalue weighted by molar-refractivity contribution is -0.216. The van der Waals surface area contributed by atoms with Crippen molar-refractivity contribution in [2.75, 3.05) is 33.7 Å². The van der Waals surface area contributed by atoms with Gasteiger partial charge in [0.25, 0.3) is 0 Å². The normalized spacial score (nSPS) is 24.6. The molecule has 2 atom stereocenters. The van der Waals surface area contributed by atoms with Gasteiger partial charge in [-0.3, -0.25) is 4.79 Å². The highest BCUT2D eigenvalue weighted by atomic mass is 19.4. The minimum atomic E-state index is -4.52. The average Bonchev–Trinajstić information content (AvgIpc) is 2.83. The Labute approximate surface area is 124 Å². The smallest absolute Gasteiger partial charge is 0.354 e. The van der Waals surface area contributed by atoms with Crippen LogP contribution in [0.15, 0.2) is 0 Å². The predicted octanol–water partition coefficient (Wildman–Crippen LogP) is 1.62. The Kier molecular flexibility index (Phi) is 6.04. The summed E-state index contributed by atoms with van der Waals surface area (Å²) in [5.41, 5.74) is -2.28. The van der Waals surface area contributed by atoms with Crippen molar-refractivity contribution in [3.63, 3.8) is 0 Å². The fourth-order valence-electron chi connectivity index (χ4n) is 2.66. The van der Waals surface area contributed by atoms with Crippen LogP contribution < -0.4 is 10.6 Å². The molecule has 0 aliphatic carbocycles. The van der Waals surface area contributed by atoms with Gasteiger partial charge in [-0.25, -0.2) is 0 Å². The SMILES string of the molecule is CC(C)CC(CNC(=O)C1(C(F)(F)F)CCNC1)N(C)C. The minimum Gasteiger partial charge on any atom is -0.354 e. The van der Waals surface area contributed by atoms with Crippen LogP contribution in [0.2, 0.25) is 0 Å². The van der Waals surface area contributed by atoms with E-state index in [4.69, 9.17) is 0 Å². The summed E-state index contributed by atoms with van der Waals surface area (Å²) in [7, 11) is 3.74. The third kappa shape index (κ3) is 4.32. The monoisotopic (exact) mass is 309 g/mol. The van der Waals surface area contributed by atoms with Gasteiger partial charge in [0.2, 0.25) is 5.91 Å². The zero-order valence-electron chi connectivity index (χ0n) is 13.2. The van der Waals surface area contributed by atoms with Crippen LogP contribution in [0.5, 0.6) is 0 Å². The summed E-state index contributed by atoms with van der Waals surface area (Å²) in [5, 5.41) is 5.17. The molecule has 4 nitrogen and oxygen atoms in total. The number of hydrogen-bond donors (Lipinski definition) is 2. The molecule has 1 amide bonds. The summed E-state index contributed by atoms with van der Waals surface area (Å²) >= 11 is 0. The third-order valence-corrected chi connectivity index (χ3v) is 4.10. The lowest BCUT2D eigenvalue weighted by Crippen LogP contribution is -2.54. The molecule has 1 heterocycles. The van der Waals surface area contributed by atoms with E-state index in [-0.39, 0.29) is 32.1 Å². The molecule has 0 bridgehead atoms. The fourth-order valence-corrected chi connectivity index (χ4v) is 2.66. The topological polar surface area (TPSA) is 44.4 Å². The minimum absolute atomic E-state index is 0.0357. The molecule has 0 spiro atoms. The maximum absolute atomic E-state index is 13.2. The Morgan fingerprint density at radius 3 is 2.38 bits per heavy atom. The van der Waals surface area contributed by atoms with Crippen molar-refractivity contribution in [1.29, 1.82) is 0 Å². The van der Waals surface area contributed by atoms with E-state index in [1.165, 1.54) is 0 Å². The Hall–Kier alpha value is -0.820. The van der Waals surface area contributed by atoms with Gasteiger partial charge in [0.05, 0.1) is 0 Å². The van der Waals surface area contributed by atoms with E-state index in [1.807, 2.05) is 19.0 Å². The van der Waals surface area contributed by atoms with E-state index in [0.717, 1.165) is 6.42 Å². The molecule has 0 aromatic carbocycles. The van der Waals surface area contributed by atoms with Gasteiger partial charge in [-0.15, -0.1) is 0 Å². The van der Waals surface area contributed by atoms with Gasteiger partial charge >= 0.3 is 6.18 Å². The van der Waals surface area contributed by atoms with E-state index in [0.29, 0.717) is 5.92 Å². The van der Waals surface area contributed by atoms with Crippen molar-refractivity contribution >= 4 is 5.91 Å². The number of amides is 1. The predicted molar refractivity (Wildman–Crippen MR) is 75.9 cm³/mol. The molecule has 2 N–H and O–H groups in total. The van der Waals surface area contributed by atoms with Gasteiger partial charge in [0.15, 0.2) is 5.41 Å². The van der Waals surface area contributed by atoms with Gasteiger partial charge in [0, 0.05) is 19.1 Å². The number of alkyl halides is 3. The van der Waals surface area contributed by atoms with Crippen LogP contribution in [0.3, 0.4) is 0 Å². The molecule has 2 unspecified atom stereocenters. The number of nitrogens with zero attached hydrogens (tertiary/aromatic N) is 1. The van der Waals surface area contributed by atoms with E-state index >= 15 is 0 Å². The second kappa shape index (κ2) is 6.96. The first-order valence-electron chi connectivity index (χ1n) is 7.32. The van der Waals surface area contributed by atoms with Crippen molar-refractivity contribution in [3.05, 3.63) is 0 Å². The standard InChI is InChI=1S/C14H26F3N3O/c1-10(2)7-11(20(3)4)8-19-12(21)13(14(15,16)17)5-6-18-9-13/h10-11,18H,5-9H2,1-4H3,(H,19,21). The number of carbonyl (C=O) groups is 1. The molecule has 0 aromatic rings. The van der Waals surface area contributed by atoms with Gasteiger partial charge in [-0.05, 0) is 39.4 Å². The zero-order valence-corrected chi connectivity index (χ0v) is 13.2. The van der Waals surface area contributed by atoms with Crippen LogP contribution in [0.25, 0.3) is 0 Å². The van der Waals surface area contributed by atoms with Crippen molar-refractivity contribution in [3.8, 4) is 0 Å². The molecule has 124 valence electrons. The van der Waals surface area contributed by atoms with Crippen molar-refractivity contribution in [2.24, 2.45) is 11.3 Å². The van der Waals surface area contributed by atoms with Crippen LogP contribution in [-0.2, 0) is 4.79 Å². The lowest BCUT2D eigenvalue weighted by atomic mass is 9.85. The van der Waals surface area contributed by atoms with E-state index in [1.54, 1.807) is 0 Å². The first-order chi connectivity index (χ1) is 9.60. The maximum Gasteiger partial charge on any atom is 0.404 e. The van der Waals surface area contributed by atoms with Gasteiger partial charge < -0.3 is 15.5 Å². The van der Waals surface area contributed by atoms with Gasteiger partial charge in [-0.1, -0.05) is 13.8 Å². The maximum atomic E-state index is 13.2. The summed E-state index contributed by atoms with van der Waals surface area (Å²) in [6.07, 6.45) is -3.89. The molecular formula is C14H26F3N3O. The molecule has 0 radical (unpaired) electrons. The van der Waals surface area contributed by atoms with Gasteiger partial charge in [-0.2, -0.15) is 13.2 Å². The average molecular weight is 309 g/mol. The molecule has 0 aromatic heterocycles. The third-order valence-electron chi connectivity index (χ3n) is 4.10. The van der Waals surface area contributed by atoms with E-state index < -0.39 is 17.5 Å². The Morgan fingerprint density at radius 2 is 2.00 bits per heavy atom. The highest BCUT2D eigenvalue weighted by Crippen LogP contribution is 2.43. The van der Waals surface area contributed by atoms with Crippen molar-refractivity contribution < 1.29 is 18.0 Å². The number of likely N-dealkylation sites (N-methyl/N-ethyl adjacent to an activating group) is 1. The second-order valence-corrected chi connectivity index (χ2v) is 6.46. The molecule has 0 saturated carbocycles. The van der Waals surface area contributed by atoms with Crippen LogP contribution in [0.1, 0.15) is 26.7 Å². The first kappa shape index (κ1) is 18.2. The lowest BCUT2D eigenvalue weighted by Gasteiger charge is -2.32. The molecular weight excluding hydrogens is 283 g/mol. The fraction of sp³-hybridized carbons (Fsp3) is 0.929. The van der Waals surface area contributed by atoms with Crippen molar-refractivity contribution in [1.82, 2.24) is 15.5 Å². The molecule has 1 saturated heterocycles. The summed E-state index contributed by atoms with van der Waals surface area (Å²) < 4.78 is 39.7. The van der Waals surface area contributed by atoms with Crippen LogP contribution in [-0.4, -0.2) is 56.8 Å². The highest BCUT2D eigenvalue weighted by Gasteiger charge is 2.61. The number of hydrogen-bond acceptors (Lipinski definition) is 3. The Bertz CT molecular complexity index is 350. The summed E-state index contributed by atoms with van der Waals surface area (Å²) in [5.74, 6) is -0.491. The number of nitrogens with one attached hydrogen (secondary N) is 2. The van der Waals surface area contributed by atoms with Gasteiger partial charge in [0.1, 0.15) is 0 Å². The first-order valence-corrected chi connectivity index (χ1v) is 7.32. The highest BCUT2D eigenvalue weighted by molar-refractivity contribution is 5.84. The largest absolute Gasteiger partial charge is 0.404 e. The summed E-state index contributed by atoms with van der Waals surface area (Å²) in [4.78, 5) is 14.1. The Morgan fingerprint density at radius 1 is 1.38 bits per heavy atom. The second-order valence-electron chi connectivity index (χ2n) is 6.46. The summed E-state index contributed by atoms with van der Waals surface area (Å²) in [6, 6.07) is 0.0357. The van der Waals surface area contributed by atoms with Crippen molar-refractivity contribution in [2.45, 2.75) is 38.9 Å². The summed E-state index contributed by atoms with van der Waals surface area (Å²) in [6.45, 7) is 4.23. The van der Waals surface area contributed by atoms with E-state index in [2.05, 4.69) is 24.5 Å².